The van der Waals surface area contributed by atoms with E-state index in [4.69, 9.17) is 0 Å². The van der Waals surface area contributed by atoms with Crippen molar-refractivity contribution in [3.63, 3.8) is 0 Å². The van der Waals surface area contributed by atoms with Gasteiger partial charge in [-0.05, 0) is 49.1 Å². The average molecular weight is 311 g/mol. The van der Waals surface area contributed by atoms with Gasteiger partial charge in [-0.15, -0.1) is 0 Å². The van der Waals surface area contributed by atoms with Crippen molar-refractivity contribution >= 4 is 5.91 Å². The first-order chi connectivity index (χ1) is 11.1. The van der Waals surface area contributed by atoms with Gasteiger partial charge in [-0.25, -0.2) is 0 Å². The minimum atomic E-state index is 0.0544. The predicted molar refractivity (Wildman–Crippen MR) is 93.1 cm³/mol. The number of nitrogens with one attached hydrogen (secondary N) is 2. The van der Waals surface area contributed by atoms with Gasteiger partial charge in [0.2, 0.25) is 5.91 Å². The third-order valence-electron chi connectivity index (χ3n) is 3.88. The lowest BCUT2D eigenvalue weighted by atomic mass is 10.00. The first kappa shape index (κ1) is 17.2. The Kier molecular flexibility index (Phi) is 6.29. The lowest BCUT2D eigenvalue weighted by Gasteiger charge is -2.12. The molecule has 2 aromatic rings. The fourth-order valence-corrected chi connectivity index (χ4v) is 2.70. The Morgan fingerprint density at radius 1 is 1.13 bits per heavy atom. The molecule has 2 N–H and O–H groups in total. The van der Waals surface area contributed by atoms with E-state index in [9.17, 15) is 4.79 Å². The third-order valence-corrected chi connectivity index (χ3v) is 3.88. The number of aryl methyl sites for hydroxylation is 3. The maximum Gasteiger partial charge on any atom is 0.221 e. The fraction of sp³-hybridized carbons (Fsp3) is 0.368. The molecule has 0 aliphatic carbocycles. The molecule has 0 spiro atoms. The van der Waals surface area contributed by atoms with Gasteiger partial charge >= 0.3 is 0 Å². The molecule has 4 nitrogen and oxygen atoms in total. The molecule has 0 fully saturated rings. The van der Waals surface area contributed by atoms with Crippen molar-refractivity contribution in [3.05, 3.63) is 64.5 Å². The largest absolute Gasteiger partial charge is 0.352 e. The summed E-state index contributed by atoms with van der Waals surface area (Å²) in [5.41, 5.74) is 6.23. The van der Waals surface area contributed by atoms with Gasteiger partial charge in [-0.3, -0.25) is 9.78 Å². The van der Waals surface area contributed by atoms with Crippen LogP contribution in [-0.2, 0) is 17.9 Å². The van der Waals surface area contributed by atoms with Crippen molar-refractivity contribution in [1.82, 2.24) is 15.6 Å². The molecule has 0 atom stereocenters. The summed E-state index contributed by atoms with van der Waals surface area (Å²) in [4.78, 5) is 15.9. The van der Waals surface area contributed by atoms with E-state index >= 15 is 0 Å². The fourth-order valence-electron chi connectivity index (χ4n) is 2.70. The third kappa shape index (κ3) is 5.49. The molecule has 0 aliphatic rings. The first-order valence-corrected chi connectivity index (χ1v) is 7.99. The van der Waals surface area contributed by atoms with E-state index in [-0.39, 0.29) is 5.91 Å². The Balaban J connectivity index is 1.70. The maximum absolute atomic E-state index is 11.8. The van der Waals surface area contributed by atoms with Crippen LogP contribution in [-0.4, -0.2) is 17.4 Å². The first-order valence-electron chi connectivity index (χ1n) is 7.99. The summed E-state index contributed by atoms with van der Waals surface area (Å²) in [5.74, 6) is 0.0544. The number of rotatable bonds is 7. The van der Waals surface area contributed by atoms with Crippen molar-refractivity contribution in [1.29, 1.82) is 0 Å². The van der Waals surface area contributed by atoms with Crippen LogP contribution < -0.4 is 10.6 Å². The van der Waals surface area contributed by atoms with Crippen molar-refractivity contribution in [2.45, 2.75) is 40.3 Å². The molecule has 23 heavy (non-hydrogen) atoms. The minimum Gasteiger partial charge on any atom is -0.352 e. The van der Waals surface area contributed by atoms with Crippen LogP contribution in [0.1, 0.15) is 34.2 Å². The molecule has 0 saturated carbocycles. The molecule has 1 heterocycles. The summed E-state index contributed by atoms with van der Waals surface area (Å²) >= 11 is 0. The highest BCUT2D eigenvalue weighted by molar-refractivity contribution is 5.76. The van der Waals surface area contributed by atoms with E-state index in [1.165, 1.54) is 22.3 Å². The maximum atomic E-state index is 11.8. The number of aromatic nitrogens is 1. The summed E-state index contributed by atoms with van der Waals surface area (Å²) in [6, 6.07) is 8.22. The van der Waals surface area contributed by atoms with Crippen LogP contribution in [0.3, 0.4) is 0 Å². The molecule has 0 radical (unpaired) electrons. The van der Waals surface area contributed by atoms with E-state index in [2.05, 4.69) is 48.5 Å². The summed E-state index contributed by atoms with van der Waals surface area (Å²) in [6.45, 7) is 8.39. The van der Waals surface area contributed by atoms with E-state index in [1.54, 1.807) is 12.4 Å². The lowest BCUT2D eigenvalue weighted by molar-refractivity contribution is -0.121. The number of hydrogen-bond donors (Lipinski definition) is 2. The van der Waals surface area contributed by atoms with Crippen molar-refractivity contribution < 1.29 is 4.79 Å². The zero-order valence-corrected chi connectivity index (χ0v) is 14.1. The molecular weight excluding hydrogens is 286 g/mol. The Bertz CT molecular complexity index is 630. The van der Waals surface area contributed by atoms with Gasteiger partial charge < -0.3 is 10.6 Å². The van der Waals surface area contributed by atoms with E-state index in [0.717, 1.165) is 12.1 Å². The molecule has 122 valence electrons. The molecule has 1 aromatic heterocycles. The van der Waals surface area contributed by atoms with Gasteiger partial charge in [0.1, 0.15) is 0 Å². The molecule has 0 unspecified atom stereocenters. The highest BCUT2D eigenvalue weighted by atomic mass is 16.1. The second-order valence-electron chi connectivity index (χ2n) is 5.94. The van der Waals surface area contributed by atoms with Crippen molar-refractivity contribution in [2.24, 2.45) is 0 Å². The summed E-state index contributed by atoms with van der Waals surface area (Å²) in [6.07, 6.45) is 3.97. The van der Waals surface area contributed by atoms with Crippen LogP contribution in [0.2, 0.25) is 0 Å². The van der Waals surface area contributed by atoms with Gasteiger partial charge in [0, 0.05) is 38.4 Å². The van der Waals surface area contributed by atoms with Crippen molar-refractivity contribution in [3.8, 4) is 0 Å². The molecular formula is C19H25N3O. The van der Waals surface area contributed by atoms with Crippen molar-refractivity contribution in [2.75, 3.05) is 6.54 Å². The van der Waals surface area contributed by atoms with E-state index < -0.39 is 0 Å². The standard InChI is InChI=1S/C19H25N3O/c1-14-9-15(2)18(16(3)10-14)13-21-8-6-19(23)22-12-17-5-4-7-20-11-17/h4-5,7,9-11,21H,6,8,12-13H2,1-3H3,(H,22,23). The molecule has 2 rings (SSSR count). The number of pyridine rings is 1. The van der Waals surface area contributed by atoms with Crippen LogP contribution in [0, 0.1) is 20.8 Å². The normalized spacial score (nSPS) is 10.6. The molecule has 0 bridgehead atoms. The smallest absolute Gasteiger partial charge is 0.221 e. The molecule has 1 aromatic carbocycles. The van der Waals surface area contributed by atoms with Gasteiger partial charge in [0.05, 0.1) is 0 Å². The highest BCUT2D eigenvalue weighted by Crippen LogP contribution is 2.15. The van der Waals surface area contributed by atoms with E-state index in [0.29, 0.717) is 19.5 Å². The molecule has 0 saturated heterocycles. The Hall–Kier alpha value is -2.20. The number of carbonyl (C=O) groups is 1. The van der Waals surface area contributed by atoms with E-state index in [1.807, 2.05) is 12.1 Å². The second-order valence-corrected chi connectivity index (χ2v) is 5.94. The summed E-state index contributed by atoms with van der Waals surface area (Å²) in [5, 5.41) is 6.27. The predicted octanol–water partition coefficient (Wildman–Crippen LogP) is 2.80. The Morgan fingerprint density at radius 3 is 2.52 bits per heavy atom. The summed E-state index contributed by atoms with van der Waals surface area (Å²) < 4.78 is 0. The van der Waals surface area contributed by atoms with Crippen LogP contribution in [0.4, 0.5) is 0 Å². The molecule has 0 aliphatic heterocycles. The lowest BCUT2D eigenvalue weighted by Crippen LogP contribution is -2.27. The quantitative estimate of drug-likeness (QED) is 0.773. The van der Waals surface area contributed by atoms with Crippen LogP contribution in [0.25, 0.3) is 0 Å². The minimum absolute atomic E-state index is 0.0544. The number of benzene rings is 1. The number of carbonyl (C=O) groups excluding carboxylic acids is 1. The van der Waals surface area contributed by atoms with Gasteiger partial charge in [0.15, 0.2) is 0 Å². The Labute approximate surface area is 138 Å². The molecule has 1 amide bonds. The van der Waals surface area contributed by atoms with Gasteiger partial charge in [-0.1, -0.05) is 23.8 Å². The van der Waals surface area contributed by atoms with Crippen LogP contribution in [0.5, 0.6) is 0 Å². The van der Waals surface area contributed by atoms with Gasteiger partial charge in [-0.2, -0.15) is 0 Å². The number of hydrogen-bond acceptors (Lipinski definition) is 3. The Morgan fingerprint density at radius 2 is 1.87 bits per heavy atom. The SMILES string of the molecule is Cc1cc(C)c(CNCCC(=O)NCc2cccnc2)c(C)c1. The average Bonchev–Trinajstić information content (AvgIpc) is 2.52. The monoisotopic (exact) mass is 311 g/mol. The second kappa shape index (κ2) is 8.44. The number of nitrogens with zero attached hydrogens (tertiary/aromatic N) is 1. The summed E-state index contributed by atoms with van der Waals surface area (Å²) in [7, 11) is 0. The zero-order chi connectivity index (χ0) is 16.7. The zero-order valence-electron chi connectivity index (χ0n) is 14.1. The number of amides is 1. The topological polar surface area (TPSA) is 54.0 Å². The highest BCUT2D eigenvalue weighted by Gasteiger charge is 2.05. The van der Waals surface area contributed by atoms with Crippen LogP contribution in [0.15, 0.2) is 36.7 Å². The van der Waals surface area contributed by atoms with Crippen LogP contribution >= 0.6 is 0 Å². The molecule has 4 heteroatoms. The van der Waals surface area contributed by atoms with Gasteiger partial charge in [0.25, 0.3) is 0 Å².